The molecule has 2 N–H and O–H groups in total. The van der Waals surface area contributed by atoms with Crippen LogP contribution in [0.2, 0.25) is 0 Å². The fourth-order valence-electron chi connectivity index (χ4n) is 2.85. The molecule has 1 aliphatic rings. The molecule has 31 heavy (non-hydrogen) atoms. The highest BCUT2D eigenvalue weighted by molar-refractivity contribution is 9.10. The fourth-order valence-corrected chi connectivity index (χ4v) is 3.65. The molecular formula is C21H28BrN3O5S. The molecule has 0 aliphatic carbocycles. The van der Waals surface area contributed by atoms with E-state index in [4.69, 9.17) is 21.7 Å². The molecule has 0 radical (unpaired) electrons. The minimum Gasteiger partial charge on any atom is -0.492 e. The number of ether oxygens (including phenoxy) is 2. The van der Waals surface area contributed by atoms with Crippen molar-refractivity contribution in [2.45, 2.75) is 39.7 Å². The van der Waals surface area contributed by atoms with Gasteiger partial charge in [-0.3, -0.25) is 19.7 Å². The van der Waals surface area contributed by atoms with Gasteiger partial charge in [-0.2, -0.15) is 0 Å². The third kappa shape index (κ3) is 7.46. The molecule has 2 amide bonds. The molecule has 1 atom stereocenters. The average molecular weight is 514 g/mol. The van der Waals surface area contributed by atoms with Gasteiger partial charge in [0.2, 0.25) is 5.91 Å². The number of piperazine rings is 1. The van der Waals surface area contributed by atoms with E-state index in [0.717, 1.165) is 6.42 Å². The molecule has 1 saturated heterocycles. The zero-order valence-electron chi connectivity index (χ0n) is 17.9. The highest BCUT2D eigenvalue weighted by Crippen LogP contribution is 2.26. The van der Waals surface area contributed by atoms with Gasteiger partial charge in [-0.05, 0) is 58.7 Å². The maximum absolute atomic E-state index is 12.7. The van der Waals surface area contributed by atoms with E-state index < -0.39 is 17.9 Å². The molecule has 1 aliphatic heterocycles. The molecule has 0 spiro atoms. The molecule has 0 saturated carbocycles. The lowest BCUT2D eigenvalue weighted by atomic mass is 10.1. The van der Waals surface area contributed by atoms with Crippen LogP contribution in [0.4, 0.5) is 0 Å². The number of amides is 2. The Morgan fingerprint density at radius 2 is 2.13 bits per heavy atom. The molecule has 1 unspecified atom stereocenters. The minimum atomic E-state index is -0.835. The zero-order chi connectivity index (χ0) is 23.0. The predicted molar refractivity (Wildman–Crippen MR) is 124 cm³/mol. The number of carbonyl (C=O) groups excluding carboxylic acids is 3. The van der Waals surface area contributed by atoms with Gasteiger partial charge in [0.15, 0.2) is 5.11 Å². The van der Waals surface area contributed by atoms with Crippen LogP contribution in [-0.2, 0) is 14.3 Å². The van der Waals surface area contributed by atoms with Crippen molar-refractivity contribution in [1.29, 1.82) is 0 Å². The normalized spacial score (nSPS) is 16.0. The van der Waals surface area contributed by atoms with Gasteiger partial charge in [0.05, 0.1) is 24.1 Å². The summed E-state index contributed by atoms with van der Waals surface area (Å²) in [6.45, 7) is 7.46. The van der Waals surface area contributed by atoms with Crippen LogP contribution in [0.3, 0.4) is 0 Å². The molecule has 8 nitrogen and oxygen atoms in total. The summed E-state index contributed by atoms with van der Waals surface area (Å²) in [6.07, 6.45) is 0.724. The Morgan fingerprint density at radius 1 is 1.39 bits per heavy atom. The van der Waals surface area contributed by atoms with E-state index in [1.54, 1.807) is 23.1 Å². The SMILES string of the molecule is CCCOc1ccc(C(=O)NC(=S)N2CCNC(=O)C2CC(=O)OCC(C)C)cc1Br. The molecule has 0 bridgehead atoms. The van der Waals surface area contributed by atoms with Crippen LogP contribution in [0, 0.1) is 5.92 Å². The van der Waals surface area contributed by atoms with Gasteiger partial charge in [-0.1, -0.05) is 20.8 Å². The first-order valence-electron chi connectivity index (χ1n) is 10.2. The number of halogens is 1. The van der Waals surface area contributed by atoms with Crippen LogP contribution >= 0.6 is 28.1 Å². The van der Waals surface area contributed by atoms with Crippen LogP contribution in [0.1, 0.15) is 44.0 Å². The maximum Gasteiger partial charge on any atom is 0.308 e. The molecule has 0 aromatic heterocycles. The highest BCUT2D eigenvalue weighted by atomic mass is 79.9. The van der Waals surface area contributed by atoms with Crippen molar-refractivity contribution in [1.82, 2.24) is 15.5 Å². The van der Waals surface area contributed by atoms with E-state index in [0.29, 0.717) is 35.5 Å². The first-order valence-corrected chi connectivity index (χ1v) is 11.4. The molecular weight excluding hydrogens is 486 g/mol. The lowest BCUT2D eigenvalue weighted by Crippen LogP contribution is -2.60. The summed E-state index contributed by atoms with van der Waals surface area (Å²) in [4.78, 5) is 38.7. The summed E-state index contributed by atoms with van der Waals surface area (Å²) < 4.78 is 11.4. The number of nitrogens with zero attached hydrogens (tertiary/aromatic N) is 1. The molecule has 170 valence electrons. The Balaban J connectivity index is 2.04. The average Bonchev–Trinajstić information content (AvgIpc) is 2.72. The number of hydrogen-bond donors (Lipinski definition) is 2. The second-order valence-electron chi connectivity index (χ2n) is 7.53. The molecule has 2 rings (SSSR count). The number of esters is 1. The second-order valence-corrected chi connectivity index (χ2v) is 8.78. The summed E-state index contributed by atoms with van der Waals surface area (Å²) in [7, 11) is 0. The van der Waals surface area contributed by atoms with Crippen LogP contribution in [-0.4, -0.2) is 60.1 Å². The summed E-state index contributed by atoms with van der Waals surface area (Å²) in [5.41, 5.74) is 0.382. The lowest BCUT2D eigenvalue weighted by Gasteiger charge is -2.36. The topological polar surface area (TPSA) is 97.0 Å². The molecule has 1 heterocycles. The van der Waals surface area contributed by atoms with E-state index in [1.165, 1.54) is 0 Å². The van der Waals surface area contributed by atoms with Crippen molar-refractivity contribution in [3.8, 4) is 5.75 Å². The molecule has 1 fully saturated rings. The maximum atomic E-state index is 12.7. The molecule has 1 aromatic rings. The van der Waals surface area contributed by atoms with Crippen molar-refractivity contribution in [2.75, 3.05) is 26.3 Å². The van der Waals surface area contributed by atoms with E-state index in [-0.39, 0.29) is 30.0 Å². The summed E-state index contributed by atoms with van der Waals surface area (Å²) >= 11 is 8.79. The van der Waals surface area contributed by atoms with Gasteiger partial charge in [0, 0.05) is 18.7 Å². The van der Waals surface area contributed by atoms with Crippen LogP contribution in [0.5, 0.6) is 5.75 Å². The van der Waals surface area contributed by atoms with Crippen LogP contribution < -0.4 is 15.4 Å². The highest BCUT2D eigenvalue weighted by Gasteiger charge is 2.34. The number of carbonyl (C=O) groups is 3. The first kappa shape index (κ1) is 25.1. The molecule has 1 aromatic carbocycles. The summed E-state index contributed by atoms with van der Waals surface area (Å²) in [5.74, 6) is -0.391. The number of nitrogens with one attached hydrogen (secondary N) is 2. The van der Waals surface area contributed by atoms with Crippen LogP contribution in [0.15, 0.2) is 22.7 Å². The van der Waals surface area contributed by atoms with Crippen molar-refractivity contribution < 1.29 is 23.9 Å². The number of thiocarbonyl (C=S) groups is 1. The van der Waals surface area contributed by atoms with Gasteiger partial charge in [0.1, 0.15) is 11.8 Å². The first-order chi connectivity index (χ1) is 14.7. The Kier molecular flexibility index (Phi) is 9.70. The Hall–Kier alpha value is -2.20. The summed E-state index contributed by atoms with van der Waals surface area (Å²) in [5, 5.41) is 5.46. The lowest BCUT2D eigenvalue weighted by molar-refractivity contribution is -0.148. The summed E-state index contributed by atoms with van der Waals surface area (Å²) in [6, 6.07) is 4.15. The largest absolute Gasteiger partial charge is 0.492 e. The minimum absolute atomic E-state index is 0.0870. The standard InChI is InChI=1S/C21H28BrN3O5S/c1-4-9-29-17-6-5-14(10-15(17)22)19(27)24-21(31)25-8-7-23-20(28)16(25)11-18(26)30-12-13(2)3/h5-6,10,13,16H,4,7-9,11-12H2,1-3H3,(H,23,28)(H,24,27,31). The van der Waals surface area contributed by atoms with Gasteiger partial charge in [-0.25, -0.2) is 0 Å². The quantitative estimate of drug-likeness (QED) is 0.407. The number of benzene rings is 1. The van der Waals surface area contributed by atoms with E-state index >= 15 is 0 Å². The number of hydrogen-bond acceptors (Lipinski definition) is 6. The van der Waals surface area contributed by atoms with E-state index in [9.17, 15) is 14.4 Å². The monoisotopic (exact) mass is 513 g/mol. The van der Waals surface area contributed by atoms with Crippen molar-refractivity contribution >= 4 is 51.0 Å². The van der Waals surface area contributed by atoms with Gasteiger partial charge in [-0.15, -0.1) is 0 Å². The molecule has 10 heteroatoms. The third-order valence-electron chi connectivity index (χ3n) is 4.41. The van der Waals surface area contributed by atoms with E-state index in [1.807, 2.05) is 20.8 Å². The van der Waals surface area contributed by atoms with Crippen molar-refractivity contribution in [3.05, 3.63) is 28.2 Å². The van der Waals surface area contributed by atoms with Gasteiger partial charge in [0.25, 0.3) is 5.91 Å². The number of rotatable bonds is 8. The van der Waals surface area contributed by atoms with Gasteiger partial charge >= 0.3 is 5.97 Å². The second kappa shape index (κ2) is 12.0. The van der Waals surface area contributed by atoms with Crippen LogP contribution in [0.25, 0.3) is 0 Å². The smallest absolute Gasteiger partial charge is 0.308 e. The third-order valence-corrected chi connectivity index (χ3v) is 5.36. The van der Waals surface area contributed by atoms with Crippen molar-refractivity contribution in [2.24, 2.45) is 5.92 Å². The Labute approximate surface area is 196 Å². The fraction of sp³-hybridized carbons (Fsp3) is 0.524. The van der Waals surface area contributed by atoms with E-state index in [2.05, 4.69) is 26.6 Å². The van der Waals surface area contributed by atoms with Crippen molar-refractivity contribution in [3.63, 3.8) is 0 Å². The predicted octanol–water partition coefficient (Wildman–Crippen LogP) is 2.64. The van der Waals surface area contributed by atoms with Gasteiger partial charge < -0.3 is 19.7 Å². The Bertz CT molecular complexity index is 833. The zero-order valence-corrected chi connectivity index (χ0v) is 20.3. The Morgan fingerprint density at radius 3 is 2.77 bits per heavy atom.